The van der Waals surface area contributed by atoms with Crippen molar-refractivity contribution in [3.8, 4) is 0 Å². The Morgan fingerprint density at radius 1 is 1.17 bits per heavy atom. The quantitative estimate of drug-likeness (QED) is 0.478. The summed E-state index contributed by atoms with van der Waals surface area (Å²) in [4.78, 5) is 21.5. The van der Waals surface area contributed by atoms with Crippen LogP contribution in [0.15, 0.2) is 34.7 Å². The van der Waals surface area contributed by atoms with Crippen molar-refractivity contribution < 1.29 is 26.4 Å². The van der Waals surface area contributed by atoms with E-state index in [1.165, 1.54) is 25.3 Å². The summed E-state index contributed by atoms with van der Waals surface area (Å²) in [6.07, 6.45) is -3.24. The molecule has 0 aliphatic rings. The molecule has 2 aromatic heterocycles. The molecule has 0 aliphatic carbocycles. The Bertz CT molecular complexity index is 1340. The highest BCUT2D eigenvalue weighted by atomic mass is 32.2. The number of nitrogens with zero attached hydrogens (tertiary/aromatic N) is 3. The van der Waals surface area contributed by atoms with Crippen LogP contribution in [0.1, 0.15) is 65.8 Å². The molecule has 1 aromatic carbocycles. The SMILES string of the molecule is CCS(=O)(=O)c1cnc(CNC(=O)c2nc(C(C)(C)C)n(Cc3ccccc3C(F)(F)F)c2C)s1. The monoisotopic (exact) mass is 528 g/mol. The summed E-state index contributed by atoms with van der Waals surface area (Å²) in [5.41, 5.74) is -0.684. The van der Waals surface area contributed by atoms with Crippen molar-refractivity contribution in [1.82, 2.24) is 19.9 Å². The Hall–Kier alpha value is -2.73. The topological polar surface area (TPSA) is 93.9 Å². The van der Waals surface area contributed by atoms with Gasteiger partial charge in [-0.05, 0) is 18.6 Å². The van der Waals surface area contributed by atoms with Crippen LogP contribution >= 0.6 is 11.3 Å². The lowest BCUT2D eigenvalue weighted by Gasteiger charge is -2.22. The Labute approximate surface area is 206 Å². The number of benzene rings is 1. The van der Waals surface area contributed by atoms with E-state index >= 15 is 0 Å². The first-order valence-corrected chi connectivity index (χ1v) is 13.3. The van der Waals surface area contributed by atoms with Gasteiger partial charge in [-0.15, -0.1) is 11.3 Å². The predicted octanol–water partition coefficient (Wildman–Crippen LogP) is 4.74. The van der Waals surface area contributed by atoms with Gasteiger partial charge in [0, 0.05) is 17.7 Å². The highest BCUT2D eigenvalue weighted by Crippen LogP contribution is 2.33. The molecule has 0 atom stereocenters. The second-order valence-electron chi connectivity index (χ2n) is 9.02. The van der Waals surface area contributed by atoms with E-state index in [0.717, 1.165) is 17.4 Å². The van der Waals surface area contributed by atoms with Gasteiger partial charge in [-0.3, -0.25) is 4.79 Å². The number of hydrogen-bond donors (Lipinski definition) is 1. The van der Waals surface area contributed by atoms with Crippen LogP contribution in [0.5, 0.6) is 0 Å². The smallest absolute Gasteiger partial charge is 0.344 e. The Morgan fingerprint density at radius 2 is 1.83 bits per heavy atom. The third-order valence-corrected chi connectivity index (χ3v) is 8.66. The molecule has 1 amide bonds. The zero-order chi connectivity index (χ0) is 26.2. The van der Waals surface area contributed by atoms with E-state index in [1.807, 2.05) is 20.8 Å². The summed E-state index contributed by atoms with van der Waals surface area (Å²) in [6.45, 7) is 8.68. The van der Waals surface area contributed by atoms with E-state index in [0.29, 0.717) is 16.5 Å². The lowest BCUT2D eigenvalue weighted by molar-refractivity contribution is -0.138. The minimum absolute atomic E-state index is 0.00318. The number of rotatable bonds is 7. The number of halogens is 3. The summed E-state index contributed by atoms with van der Waals surface area (Å²) in [7, 11) is -3.39. The highest BCUT2D eigenvalue weighted by molar-refractivity contribution is 7.93. The first-order chi connectivity index (χ1) is 16.1. The summed E-state index contributed by atoms with van der Waals surface area (Å²) < 4.78 is 66.4. The van der Waals surface area contributed by atoms with Gasteiger partial charge in [-0.25, -0.2) is 18.4 Å². The van der Waals surface area contributed by atoms with Crippen LogP contribution in [0.25, 0.3) is 0 Å². The van der Waals surface area contributed by atoms with Crippen LogP contribution in [0, 0.1) is 6.92 Å². The maximum absolute atomic E-state index is 13.5. The van der Waals surface area contributed by atoms with Crippen LogP contribution < -0.4 is 5.32 Å². The highest BCUT2D eigenvalue weighted by Gasteiger charge is 2.34. The third-order valence-electron chi connectivity index (χ3n) is 5.38. The van der Waals surface area contributed by atoms with Crippen LogP contribution in [0.4, 0.5) is 13.2 Å². The van der Waals surface area contributed by atoms with Crippen LogP contribution in [-0.2, 0) is 34.5 Å². The van der Waals surface area contributed by atoms with E-state index in [4.69, 9.17) is 0 Å². The van der Waals surface area contributed by atoms with Gasteiger partial charge in [0.15, 0.2) is 9.84 Å². The van der Waals surface area contributed by atoms with Crippen molar-refractivity contribution in [2.75, 3.05) is 5.75 Å². The molecule has 190 valence electrons. The maximum Gasteiger partial charge on any atom is 0.416 e. The van der Waals surface area contributed by atoms with E-state index in [1.54, 1.807) is 17.6 Å². The lowest BCUT2D eigenvalue weighted by atomic mass is 9.95. The molecule has 0 saturated carbocycles. The number of carbonyl (C=O) groups is 1. The first-order valence-electron chi connectivity index (χ1n) is 10.8. The maximum atomic E-state index is 13.5. The van der Waals surface area contributed by atoms with Crippen LogP contribution in [0.2, 0.25) is 0 Å². The zero-order valence-corrected chi connectivity index (χ0v) is 21.7. The summed E-state index contributed by atoms with van der Waals surface area (Å²) in [6, 6.07) is 5.33. The average molecular weight is 529 g/mol. The van der Waals surface area contributed by atoms with Crippen molar-refractivity contribution in [1.29, 1.82) is 0 Å². The van der Waals surface area contributed by atoms with Crippen molar-refractivity contribution in [2.45, 2.75) is 63.5 Å². The van der Waals surface area contributed by atoms with Gasteiger partial charge in [0.05, 0.1) is 24.1 Å². The number of amides is 1. The molecule has 0 spiro atoms. The van der Waals surface area contributed by atoms with E-state index in [2.05, 4.69) is 15.3 Å². The second-order valence-corrected chi connectivity index (χ2v) is 12.6. The molecule has 3 rings (SSSR count). The van der Waals surface area contributed by atoms with Gasteiger partial charge in [0.2, 0.25) is 0 Å². The number of thiazole rings is 1. The number of alkyl halides is 3. The largest absolute Gasteiger partial charge is 0.416 e. The van der Waals surface area contributed by atoms with Gasteiger partial charge in [0.25, 0.3) is 5.91 Å². The molecule has 35 heavy (non-hydrogen) atoms. The Balaban J connectivity index is 1.91. The molecule has 0 bridgehead atoms. The molecular formula is C23H27F3N4O3S2. The zero-order valence-electron chi connectivity index (χ0n) is 20.0. The van der Waals surface area contributed by atoms with E-state index in [9.17, 15) is 26.4 Å². The minimum atomic E-state index is -4.51. The minimum Gasteiger partial charge on any atom is -0.344 e. The molecule has 1 N–H and O–H groups in total. The van der Waals surface area contributed by atoms with Crippen molar-refractivity contribution in [2.24, 2.45) is 0 Å². The number of hydrogen-bond acceptors (Lipinski definition) is 6. The van der Waals surface area contributed by atoms with Crippen LogP contribution in [-0.4, -0.2) is 34.6 Å². The molecule has 3 aromatic rings. The molecule has 0 saturated heterocycles. The van der Waals surface area contributed by atoms with Crippen molar-refractivity contribution in [3.05, 3.63) is 63.8 Å². The number of sulfone groups is 1. The van der Waals surface area contributed by atoms with Gasteiger partial charge in [-0.2, -0.15) is 13.2 Å². The fraction of sp³-hybridized carbons (Fsp3) is 0.435. The fourth-order valence-corrected chi connectivity index (χ4v) is 5.76. The first kappa shape index (κ1) is 26.9. The van der Waals surface area contributed by atoms with E-state index in [-0.39, 0.29) is 34.3 Å². The van der Waals surface area contributed by atoms with Gasteiger partial charge in [-0.1, -0.05) is 45.9 Å². The molecule has 7 nitrogen and oxygen atoms in total. The molecule has 2 heterocycles. The Morgan fingerprint density at radius 3 is 2.43 bits per heavy atom. The third kappa shape index (κ3) is 5.92. The molecule has 12 heteroatoms. The second kappa shape index (κ2) is 9.73. The predicted molar refractivity (Wildman–Crippen MR) is 127 cm³/mol. The van der Waals surface area contributed by atoms with Gasteiger partial charge < -0.3 is 9.88 Å². The summed E-state index contributed by atoms with van der Waals surface area (Å²) in [5, 5.41) is 3.10. The van der Waals surface area contributed by atoms with Gasteiger partial charge >= 0.3 is 6.18 Å². The number of imidazole rings is 1. The van der Waals surface area contributed by atoms with Crippen molar-refractivity contribution in [3.63, 3.8) is 0 Å². The number of nitrogens with one attached hydrogen (secondary N) is 1. The molecular weight excluding hydrogens is 501 g/mol. The molecule has 0 unspecified atom stereocenters. The van der Waals surface area contributed by atoms with Crippen LogP contribution in [0.3, 0.4) is 0 Å². The average Bonchev–Trinajstić information content (AvgIpc) is 3.37. The van der Waals surface area contributed by atoms with Gasteiger partial charge in [0.1, 0.15) is 20.7 Å². The number of aromatic nitrogens is 3. The summed E-state index contributed by atoms with van der Waals surface area (Å²) in [5.74, 6) is -0.0985. The Kier molecular flexibility index (Phi) is 7.47. The number of carbonyl (C=O) groups excluding carboxylic acids is 1. The summed E-state index contributed by atoms with van der Waals surface area (Å²) >= 11 is 0.978. The molecule has 0 radical (unpaired) electrons. The van der Waals surface area contributed by atoms with E-state index < -0.39 is 32.9 Å². The lowest BCUT2D eigenvalue weighted by Crippen LogP contribution is -2.24. The molecule has 0 fully saturated rings. The normalized spacial score (nSPS) is 12.7. The standard InChI is InChI=1S/C23H27F3N4O3S2/c1-6-35(32,33)18-12-27-17(34-18)11-28-20(31)19-14(2)30(21(29-19)22(3,4)5)13-15-9-7-8-10-16(15)23(24,25)26/h7-10,12H,6,11,13H2,1-5H3,(H,28,31). The van der Waals surface area contributed by atoms with Crippen molar-refractivity contribution >= 4 is 27.1 Å². The fourth-order valence-electron chi connectivity index (χ4n) is 3.52. The molecule has 0 aliphatic heterocycles.